The maximum Gasteiger partial charge on any atom is 0.117 e. The molecule has 0 aliphatic carbocycles. The van der Waals surface area contributed by atoms with E-state index in [0.717, 1.165) is 32.0 Å². The van der Waals surface area contributed by atoms with Gasteiger partial charge in [-0.1, -0.05) is 0 Å². The fourth-order valence-electron chi connectivity index (χ4n) is 1.74. The average Bonchev–Trinajstić information content (AvgIpc) is 2.98. The van der Waals surface area contributed by atoms with Crippen LogP contribution in [0.4, 0.5) is 0 Å². The lowest BCUT2D eigenvalue weighted by Crippen LogP contribution is -2.16. The van der Waals surface area contributed by atoms with Crippen LogP contribution in [0.2, 0.25) is 0 Å². The summed E-state index contributed by atoms with van der Waals surface area (Å²) in [5, 5.41) is 3.35. The molecule has 2 heterocycles. The molecule has 0 aliphatic heterocycles. The molecule has 0 fully saturated rings. The quantitative estimate of drug-likeness (QED) is 0.796. The summed E-state index contributed by atoms with van der Waals surface area (Å²) in [6.07, 6.45) is 3.77. The molecule has 92 valence electrons. The van der Waals surface area contributed by atoms with E-state index in [9.17, 15) is 0 Å². The van der Waals surface area contributed by atoms with Gasteiger partial charge in [-0.3, -0.25) is 0 Å². The van der Waals surface area contributed by atoms with Crippen molar-refractivity contribution >= 4 is 0 Å². The lowest BCUT2D eigenvalue weighted by Gasteiger charge is -2.09. The van der Waals surface area contributed by atoms with Crippen LogP contribution in [0.15, 0.2) is 41.1 Å². The summed E-state index contributed by atoms with van der Waals surface area (Å²) >= 11 is 0. The maximum atomic E-state index is 5.26. The molecule has 1 N–H and O–H groups in total. The predicted octanol–water partition coefficient (Wildman–Crippen LogP) is 2.02. The molecular weight excluding hydrogens is 216 g/mol. The molecule has 0 aromatic carbocycles. The largest absolute Gasteiger partial charge is 0.468 e. The molecule has 17 heavy (non-hydrogen) atoms. The van der Waals surface area contributed by atoms with Crippen molar-refractivity contribution in [1.82, 2.24) is 9.88 Å². The molecule has 4 nitrogen and oxygen atoms in total. The van der Waals surface area contributed by atoms with E-state index in [1.807, 2.05) is 12.1 Å². The Kier molecular flexibility index (Phi) is 4.41. The summed E-state index contributed by atoms with van der Waals surface area (Å²) in [6, 6.07) is 8.04. The third-order valence-electron chi connectivity index (χ3n) is 2.65. The molecular formula is C13H18N2O2. The van der Waals surface area contributed by atoms with Gasteiger partial charge < -0.3 is 19.0 Å². The van der Waals surface area contributed by atoms with Crippen LogP contribution in [-0.2, 0) is 24.4 Å². The molecule has 0 bridgehead atoms. The van der Waals surface area contributed by atoms with Crippen LogP contribution in [0.25, 0.3) is 0 Å². The third kappa shape index (κ3) is 3.47. The first-order chi connectivity index (χ1) is 8.40. The Bertz CT molecular complexity index is 420. The lowest BCUT2D eigenvalue weighted by atomic mass is 10.4. The number of rotatable bonds is 7. The molecule has 0 saturated carbocycles. The zero-order valence-electron chi connectivity index (χ0n) is 10.1. The summed E-state index contributed by atoms with van der Waals surface area (Å²) in [5.41, 5.74) is 1.26. The average molecular weight is 234 g/mol. The zero-order chi connectivity index (χ0) is 11.9. The Hall–Kier alpha value is -1.52. The fourth-order valence-corrected chi connectivity index (χ4v) is 1.74. The van der Waals surface area contributed by atoms with Gasteiger partial charge in [0, 0.05) is 32.1 Å². The van der Waals surface area contributed by atoms with E-state index < -0.39 is 0 Å². The van der Waals surface area contributed by atoms with E-state index in [4.69, 9.17) is 9.15 Å². The van der Waals surface area contributed by atoms with Gasteiger partial charge in [-0.05, 0) is 24.3 Å². The molecule has 0 radical (unpaired) electrons. The lowest BCUT2D eigenvalue weighted by molar-refractivity contribution is 0.186. The molecule has 0 aliphatic rings. The van der Waals surface area contributed by atoms with Crippen molar-refractivity contribution in [2.75, 3.05) is 13.7 Å². The second-order valence-corrected chi connectivity index (χ2v) is 3.87. The Morgan fingerprint density at radius 1 is 1.29 bits per heavy atom. The van der Waals surface area contributed by atoms with Crippen molar-refractivity contribution in [2.24, 2.45) is 0 Å². The summed E-state index contributed by atoms with van der Waals surface area (Å²) in [5.74, 6) is 0.958. The smallest absolute Gasteiger partial charge is 0.117 e. The number of furan rings is 1. The van der Waals surface area contributed by atoms with E-state index in [1.165, 1.54) is 5.69 Å². The van der Waals surface area contributed by atoms with E-state index in [0.29, 0.717) is 0 Å². The van der Waals surface area contributed by atoms with E-state index in [2.05, 4.69) is 28.2 Å². The van der Waals surface area contributed by atoms with Gasteiger partial charge in [-0.2, -0.15) is 0 Å². The van der Waals surface area contributed by atoms with Crippen molar-refractivity contribution in [1.29, 1.82) is 0 Å². The van der Waals surface area contributed by atoms with Crippen LogP contribution in [0.1, 0.15) is 11.5 Å². The first kappa shape index (κ1) is 12.0. The van der Waals surface area contributed by atoms with Crippen molar-refractivity contribution < 1.29 is 9.15 Å². The highest BCUT2D eigenvalue weighted by molar-refractivity contribution is 5.07. The van der Waals surface area contributed by atoms with Crippen LogP contribution in [0.3, 0.4) is 0 Å². The second kappa shape index (κ2) is 6.27. The van der Waals surface area contributed by atoms with Crippen molar-refractivity contribution in [2.45, 2.75) is 19.6 Å². The highest BCUT2D eigenvalue weighted by Crippen LogP contribution is 2.04. The third-order valence-corrected chi connectivity index (χ3v) is 2.65. The Morgan fingerprint density at radius 2 is 2.24 bits per heavy atom. The van der Waals surface area contributed by atoms with Crippen LogP contribution >= 0.6 is 0 Å². The molecule has 0 saturated heterocycles. The minimum absolute atomic E-state index is 0.736. The number of aromatic nitrogens is 1. The van der Waals surface area contributed by atoms with Crippen LogP contribution < -0.4 is 5.32 Å². The van der Waals surface area contributed by atoms with Crippen LogP contribution in [-0.4, -0.2) is 18.3 Å². The molecule has 2 aromatic rings. The summed E-state index contributed by atoms with van der Waals surface area (Å²) in [6.45, 7) is 3.21. The van der Waals surface area contributed by atoms with Crippen LogP contribution in [0, 0.1) is 0 Å². The SMILES string of the molecule is COCCn1cccc1CNCc1ccco1. The van der Waals surface area contributed by atoms with E-state index >= 15 is 0 Å². The fraction of sp³-hybridized carbons (Fsp3) is 0.385. The molecule has 0 atom stereocenters. The molecule has 0 unspecified atom stereocenters. The Balaban J connectivity index is 1.80. The monoisotopic (exact) mass is 234 g/mol. The molecule has 0 amide bonds. The van der Waals surface area contributed by atoms with Gasteiger partial charge in [0.1, 0.15) is 5.76 Å². The number of hydrogen-bond donors (Lipinski definition) is 1. The maximum absolute atomic E-state index is 5.26. The Morgan fingerprint density at radius 3 is 3.00 bits per heavy atom. The van der Waals surface area contributed by atoms with Gasteiger partial charge in [0.25, 0.3) is 0 Å². The minimum Gasteiger partial charge on any atom is -0.468 e. The highest BCUT2D eigenvalue weighted by atomic mass is 16.5. The van der Waals surface area contributed by atoms with E-state index in [1.54, 1.807) is 13.4 Å². The van der Waals surface area contributed by atoms with E-state index in [-0.39, 0.29) is 0 Å². The molecule has 2 aromatic heterocycles. The highest BCUT2D eigenvalue weighted by Gasteiger charge is 2.01. The van der Waals surface area contributed by atoms with Gasteiger partial charge in [0.15, 0.2) is 0 Å². The van der Waals surface area contributed by atoms with Gasteiger partial charge >= 0.3 is 0 Å². The number of ether oxygens (including phenoxy) is 1. The van der Waals surface area contributed by atoms with Crippen LogP contribution in [0.5, 0.6) is 0 Å². The van der Waals surface area contributed by atoms with Crippen molar-refractivity contribution in [3.63, 3.8) is 0 Å². The first-order valence-electron chi connectivity index (χ1n) is 5.76. The first-order valence-corrected chi connectivity index (χ1v) is 5.76. The number of methoxy groups -OCH3 is 1. The predicted molar refractivity (Wildman–Crippen MR) is 65.6 cm³/mol. The number of nitrogens with zero attached hydrogens (tertiary/aromatic N) is 1. The van der Waals surface area contributed by atoms with Gasteiger partial charge in [-0.15, -0.1) is 0 Å². The van der Waals surface area contributed by atoms with Gasteiger partial charge in [0.05, 0.1) is 19.4 Å². The normalized spacial score (nSPS) is 10.9. The molecule has 0 spiro atoms. The summed E-state index contributed by atoms with van der Waals surface area (Å²) < 4.78 is 12.5. The molecule has 2 rings (SSSR count). The van der Waals surface area contributed by atoms with Gasteiger partial charge in [-0.25, -0.2) is 0 Å². The number of nitrogens with one attached hydrogen (secondary N) is 1. The van der Waals surface area contributed by atoms with Crippen molar-refractivity contribution in [3.8, 4) is 0 Å². The Labute approximate surface area is 101 Å². The van der Waals surface area contributed by atoms with Crippen molar-refractivity contribution in [3.05, 3.63) is 48.2 Å². The zero-order valence-corrected chi connectivity index (χ0v) is 10.1. The number of hydrogen-bond acceptors (Lipinski definition) is 3. The summed E-state index contributed by atoms with van der Waals surface area (Å²) in [4.78, 5) is 0. The minimum atomic E-state index is 0.736. The van der Waals surface area contributed by atoms with Gasteiger partial charge in [0.2, 0.25) is 0 Å². The topological polar surface area (TPSA) is 39.3 Å². The molecule has 4 heteroatoms. The second-order valence-electron chi connectivity index (χ2n) is 3.87. The standard InChI is InChI=1S/C13H18N2O2/c1-16-9-7-15-6-2-4-12(15)10-14-11-13-5-3-8-17-13/h2-6,8,14H,7,9-11H2,1H3. The summed E-state index contributed by atoms with van der Waals surface area (Å²) in [7, 11) is 1.72.